The smallest absolute Gasteiger partial charge is 0.244 e. The molecule has 2 N–H and O–H groups in total. The molecule has 7 nitrogen and oxygen atoms in total. The highest BCUT2D eigenvalue weighted by molar-refractivity contribution is 7.89. The molecule has 2 aromatic carbocycles. The topological polar surface area (TPSA) is 101 Å². The third kappa shape index (κ3) is 5.26. The van der Waals surface area contributed by atoms with Gasteiger partial charge in [-0.25, -0.2) is 8.42 Å². The van der Waals surface area contributed by atoms with Gasteiger partial charge in [0.1, 0.15) is 11.0 Å². The van der Waals surface area contributed by atoms with Gasteiger partial charge in [-0.1, -0.05) is 67.1 Å². The average molecular weight is 431 g/mol. The van der Waals surface area contributed by atoms with Crippen LogP contribution in [0.2, 0.25) is 0 Å². The number of hydrogen-bond acceptors (Lipinski definition) is 6. The van der Waals surface area contributed by atoms with Crippen molar-refractivity contribution in [1.29, 1.82) is 0 Å². The van der Waals surface area contributed by atoms with Crippen molar-refractivity contribution < 1.29 is 13.2 Å². The molecule has 0 fully saturated rings. The molecule has 0 aliphatic carbocycles. The molecule has 0 aliphatic heterocycles. The molecule has 1 amide bonds. The Morgan fingerprint density at radius 3 is 2.41 bits per heavy atom. The van der Waals surface area contributed by atoms with Crippen molar-refractivity contribution >= 4 is 32.4 Å². The van der Waals surface area contributed by atoms with Crippen LogP contribution >= 0.6 is 11.3 Å². The standard InChI is InChI=1S/C20H22N4O3S2/c1-13(2)17(24-29(26,27)16-10-5-4-6-11-16)18(25)21-20-23-22-19(28-20)15-9-7-8-14(3)12-15/h4-13,17,24H,1-3H3,(H,21,23,25)/t17-/m0/s1. The van der Waals surface area contributed by atoms with Crippen LogP contribution in [0.4, 0.5) is 5.13 Å². The molecule has 0 unspecified atom stereocenters. The predicted octanol–water partition coefficient (Wildman–Crippen LogP) is 3.46. The van der Waals surface area contributed by atoms with E-state index in [2.05, 4.69) is 20.2 Å². The molecule has 0 aliphatic rings. The molecule has 3 aromatic rings. The molecule has 0 spiro atoms. The fraction of sp³-hybridized carbons (Fsp3) is 0.250. The van der Waals surface area contributed by atoms with E-state index in [9.17, 15) is 13.2 Å². The molecular formula is C20H22N4O3S2. The zero-order valence-electron chi connectivity index (χ0n) is 16.3. The van der Waals surface area contributed by atoms with Crippen molar-refractivity contribution in [2.24, 2.45) is 5.92 Å². The highest BCUT2D eigenvalue weighted by Gasteiger charge is 2.29. The minimum Gasteiger partial charge on any atom is -0.299 e. The summed E-state index contributed by atoms with van der Waals surface area (Å²) >= 11 is 1.24. The molecule has 9 heteroatoms. The SMILES string of the molecule is Cc1cccc(-c2nnc(NC(=O)[C@@H](NS(=O)(=O)c3ccccc3)C(C)C)s2)c1. The molecule has 0 saturated heterocycles. The minimum absolute atomic E-state index is 0.107. The van der Waals surface area contributed by atoms with Crippen LogP contribution in [0.15, 0.2) is 59.5 Å². The van der Waals surface area contributed by atoms with Crippen LogP contribution in [0.1, 0.15) is 19.4 Å². The maximum absolute atomic E-state index is 12.8. The van der Waals surface area contributed by atoms with Crippen molar-refractivity contribution in [1.82, 2.24) is 14.9 Å². The molecule has 1 aromatic heterocycles. The highest BCUT2D eigenvalue weighted by atomic mass is 32.2. The Labute approximate surface area is 174 Å². The highest BCUT2D eigenvalue weighted by Crippen LogP contribution is 2.27. The van der Waals surface area contributed by atoms with E-state index < -0.39 is 22.0 Å². The molecule has 1 heterocycles. The van der Waals surface area contributed by atoms with E-state index in [1.807, 2.05) is 31.2 Å². The van der Waals surface area contributed by atoms with Crippen LogP contribution in [-0.4, -0.2) is 30.6 Å². The van der Waals surface area contributed by atoms with E-state index in [0.29, 0.717) is 10.1 Å². The zero-order valence-corrected chi connectivity index (χ0v) is 17.9. The summed E-state index contributed by atoms with van der Waals surface area (Å²) in [6, 6.07) is 14.8. The largest absolute Gasteiger partial charge is 0.299 e. The lowest BCUT2D eigenvalue weighted by molar-refractivity contribution is -0.118. The van der Waals surface area contributed by atoms with Gasteiger partial charge in [-0.05, 0) is 31.0 Å². The van der Waals surface area contributed by atoms with E-state index in [1.54, 1.807) is 32.0 Å². The number of sulfonamides is 1. The Balaban J connectivity index is 1.75. The van der Waals surface area contributed by atoms with E-state index >= 15 is 0 Å². The predicted molar refractivity (Wildman–Crippen MR) is 114 cm³/mol. The second kappa shape index (κ2) is 8.81. The Hall–Kier alpha value is -2.62. The van der Waals surface area contributed by atoms with Gasteiger partial charge in [-0.2, -0.15) is 4.72 Å². The number of aryl methyl sites for hydroxylation is 1. The normalized spacial score (nSPS) is 12.7. The van der Waals surface area contributed by atoms with Crippen molar-refractivity contribution in [3.8, 4) is 10.6 Å². The lowest BCUT2D eigenvalue weighted by Crippen LogP contribution is -2.47. The number of nitrogens with one attached hydrogen (secondary N) is 2. The minimum atomic E-state index is -3.83. The van der Waals surface area contributed by atoms with Crippen molar-refractivity contribution in [3.05, 3.63) is 60.2 Å². The number of amides is 1. The Bertz CT molecular complexity index is 1100. The summed E-state index contributed by atoms with van der Waals surface area (Å²) < 4.78 is 27.7. The summed E-state index contributed by atoms with van der Waals surface area (Å²) in [6.07, 6.45) is 0. The number of rotatable bonds is 7. The maximum Gasteiger partial charge on any atom is 0.244 e. The first kappa shape index (κ1) is 21.1. The quantitative estimate of drug-likeness (QED) is 0.598. The molecule has 0 saturated carbocycles. The van der Waals surface area contributed by atoms with Gasteiger partial charge >= 0.3 is 0 Å². The first-order valence-corrected chi connectivity index (χ1v) is 11.3. The molecule has 3 rings (SSSR count). The summed E-state index contributed by atoms with van der Waals surface area (Å²) in [5.74, 6) is -0.746. The fourth-order valence-corrected chi connectivity index (χ4v) is 4.79. The molecular weight excluding hydrogens is 408 g/mol. The van der Waals surface area contributed by atoms with Crippen LogP contribution < -0.4 is 10.0 Å². The lowest BCUT2D eigenvalue weighted by atomic mass is 10.1. The molecule has 1 atom stereocenters. The number of nitrogens with zero attached hydrogens (tertiary/aromatic N) is 2. The second-order valence-electron chi connectivity index (χ2n) is 6.93. The van der Waals surface area contributed by atoms with E-state index in [4.69, 9.17) is 0 Å². The Kier molecular flexibility index (Phi) is 6.41. The van der Waals surface area contributed by atoms with Crippen molar-refractivity contribution in [3.63, 3.8) is 0 Å². The van der Waals surface area contributed by atoms with Crippen LogP contribution in [0, 0.1) is 12.8 Å². The van der Waals surface area contributed by atoms with Gasteiger partial charge in [-0.3, -0.25) is 10.1 Å². The van der Waals surface area contributed by atoms with E-state index in [0.717, 1.165) is 11.1 Å². The molecule has 152 valence electrons. The summed E-state index contributed by atoms with van der Waals surface area (Å²) in [5, 5.41) is 11.8. The van der Waals surface area contributed by atoms with Gasteiger partial charge < -0.3 is 0 Å². The van der Waals surface area contributed by atoms with Gasteiger partial charge in [0.25, 0.3) is 0 Å². The third-order valence-corrected chi connectivity index (χ3v) is 6.55. The van der Waals surface area contributed by atoms with Crippen molar-refractivity contribution in [2.45, 2.75) is 31.7 Å². The molecule has 0 radical (unpaired) electrons. The maximum atomic E-state index is 12.8. The average Bonchev–Trinajstić information content (AvgIpc) is 3.15. The zero-order chi connectivity index (χ0) is 21.0. The number of benzene rings is 2. The van der Waals surface area contributed by atoms with Crippen LogP contribution in [0.25, 0.3) is 10.6 Å². The fourth-order valence-electron chi connectivity index (χ4n) is 2.68. The van der Waals surface area contributed by atoms with Crippen LogP contribution in [0.3, 0.4) is 0 Å². The second-order valence-corrected chi connectivity index (χ2v) is 9.62. The monoisotopic (exact) mass is 430 g/mol. The van der Waals surface area contributed by atoms with Gasteiger partial charge in [0, 0.05) is 5.56 Å². The number of carbonyl (C=O) groups excluding carboxylic acids is 1. The van der Waals surface area contributed by atoms with E-state index in [1.165, 1.54) is 23.5 Å². The van der Waals surface area contributed by atoms with Crippen molar-refractivity contribution in [2.75, 3.05) is 5.32 Å². The Morgan fingerprint density at radius 1 is 1.03 bits per heavy atom. The Morgan fingerprint density at radius 2 is 1.76 bits per heavy atom. The summed E-state index contributed by atoms with van der Waals surface area (Å²) in [6.45, 7) is 5.53. The third-order valence-electron chi connectivity index (χ3n) is 4.20. The number of hydrogen-bond donors (Lipinski definition) is 2. The summed E-state index contributed by atoms with van der Waals surface area (Å²) in [4.78, 5) is 12.9. The summed E-state index contributed by atoms with van der Waals surface area (Å²) in [7, 11) is -3.83. The lowest BCUT2D eigenvalue weighted by Gasteiger charge is -2.20. The molecule has 29 heavy (non-hydrogen) atoms. The molecule has 0 bridgehead atoms. The van der Waals surface area contributed by atoms with Gasteiger partial charge in [0.15, 0.2) is 0 Å². The van der Waals surface area contributed by atoms with E-state index in [-0.39, 0.29) is 10.8 Å². The van der Waals surface area contributed by atoms with Crippen LogP contribution in [-0.2, 0) is 14.8 Å². The first-order valence-electron chi connectivity index (χ1n) is 9.05. The van der Waals surface area contributed by atoms with Crippen LogP contribution in [0.5, 0.6) is 0 Å². The van der Waals surface area contributed by atoms with Gasteiger partial charge in [0.05, 0.1) is 4.90 Å². The number of carbonyl (C=O) groups is 1. The summed E-state index contributed by atoms with van der Waals surface area (Å²) in [5.41, 5.74) is 2.01. The number of anilines is 1. The number of aromatic nitrogens is 2. The van der Waals surface area contributed by atoms with Gasteiger partial charge in [-0.15, -0.1) is 10.2 Å². The first-order chi connectivity index (χ1) is 13.8. The van der Waals surface area contributed by atoms with Gasteiger partial charge in [0.2, 0.25) is 21.1 Å².